The Morgan fingerprint density at radius 1 is 1.22 bits per heavy atom. The van der Waals surface area contributed by atoms with E-state index in [-0.39, 0.29) is 12.5 Å². The van der Waals surface area contributed by atoms with Crippen molar-refractivity contribution in [1.29, 1.82) is 0 Å². The summed E-state index contributed by atoms with van der Waals surface area (Å²) in [6, 6.07) is 13.7. The summed E-state index contributed by atoms with van der Waals surface area (Å²) in [7, 11) is 0. The number of para-hydroxylation sites is 1. The van der Waals surface area contributed by atoms with Gasteiger partial charge in [-0.25, -0.2) is 0 Å². The summed E-state index contributed by atoms with van der Waals surface area (Å²) in [5.41, 5.74) is 6.41. The smallest absolute Gasteiger partial charge is 0.261 e. The van der Waals surface area contributed by atoms with Gasteiger partial charge in [0.1, 0.15) is 5.75 Å². The molecule has 23 heavy (non-hydrogen) atoms. The number of rotatable bonds is 6. The van der Waals surface area contributed by atoms with Crippen LogP contribution in [-0.4, -0.2) is 17.9 Å². The van der Waals surface area contributed by atoms with Gasteiger partial charge < -0.3 is 15.8 Å². The van der Waals surface area contributed by atoms with Crippen LogP contribution < -0.4 is 15.8 Å². The lowest BCUT2D eigenvalue weighted by Gasteiger charge is -2.15. The maximum absolute atomic E-state index is 12.1. The highest BCUT2D eigenvalue weighted by molar-refractivity contribution is 6.32. The number of nitrogens with one attached hydrogen (secondary N) is 1. The van der Waals surface area contributed by atoms with Gasteiger partial charge in [-0.1, -0.05) is 35.9 Å². The molecule has 0 heterocycles. The van der Waals surface area contributed by atoms with Crippen LogP contribution in [0.2, 0.25) is 5.02 Å². The van der Waals surface area contributed by atoms with E-state index in [0.717, 1.165) is 5.56 Å². The Balaban J connectivity index is 1.93. The first kappa shape index (κ1) is 16.8. The highest BCUT2D eigenvalue weighted by Crippen LogP contribution is 2.24. The predicted molar refractivity (Wildman–Crippen MR) is 88.3 cm³/mol. The Bertz CT molecular complexity index is 718. The molecule has 120 valence electrons. The van der Waals surface area contributed by atoms with E-state index in [0.29, 0.717) is 16.3 Å². The van der Waals surface area contributed by atoms with E-state index in [9.17, 15) is 9.59 Å². The van der Waals surface area contributed by atoms with Crippen molar-refractivity contribution in [2.75, 3.05) is 0 Å². The quantitative estimate of drug-likeness (QED) is 0.852. The van der Waals surface area contributed by atoms with Crippen LogP contribution in [0.3, 0.4) is 0 Å². The molecule has 0 saturated heterocycles. The summed E-state index contributed by atoms with van der Waals surface area (Å²) in [6.07, 6.45) is -0.700. The first-order chi connectivity index (χ1) is 11.0. The van der Waals surface area contributed by atoms with Crippen LogP contribution >= 0.6 is 11.6 Å². The normalized spacial score (nSPS) is 11.6. The van der Waals surface area contributed by atoms with Crippen LogP contribution in [0.1, 0.15) is 22.8 Å². The number of primary amides is 1. The van der Waals surface area contributed by atoms with Crippen molar-refractivity contribution in [2.45, 2.75) is 19.6 Å². The summed E-state index contributed by atoms with van der Waals surface area (Å²) >= 11 is 5.99. The lowest BCUT2D eigenvalue weighted by Crippen LogP contribution is -2.36. The second kappa shape index (κ2) is 7.65. The largest absolute Gasteiger partial charge is 0.479 e. The molecule has 1 atom stereocenters. The van der Waals surface area contributed by atoms with Gasteiger partial charge in [0.2, 0.25) is 5.91 Å². The molecular formula is C17H17ClN2O3. The Hall–Kier alpha value is -2.53. The fraction of sp³-hybridized carbons (Fsp3) is 0.176. The molecule has 3 N–H and O–H groups in total. The maximum atomic E-state index is 12.1. The zero-order valence-corrected chi connectivity index (χ0v) is 13.3. The third-order valence-electron chi connectivity index (χ3n) is 3.19. The third kappa shape index (κ3) is 4.72. The molecule has 0 aromatic heterocycles. The van der Waals surface area contributed by atoms with Crippen LogP contribution in [0.4, 0.5) is 0 Å². The second-order valence-electron chi connectivity index (χ2n) is 4.97. The standard InChI is InChI=1S/C17H17ClN2O3/c1-11(23-15-8-3-2-7-14(15)18)17(22)20-10-12-5-4-6-13(9-12)16(19)21/h2-9,11H,10H2,1H3,(H2,19,21)(H,20,22)/t11-/m1/s1. The van der Waals surface area contributed by atoms with Crippen molar-refractivity contribution < 1.29 is 14.3 Å². The predicted octanol–water partition coefficient (Wildman–Crippen LogP) is 2.52. The monoisotopic (exact) mass is 332 g/mol. The lowest BCUT2D eigenvalue weighted by atomic mass is 10.1. The van der Waals surface area contributed by atoms with Gasteiger partial charge in [0.15, 0.2) is 6.10 Å². The molecule has 0 saturated carbocycles. The van der Waals surface area contributed by atoms with Gasteiger partial charge in [0.05, 0.1) is 5.02 Å². The third-order valence-corrected chi connectivity index (χ3v) is 3.50. The van der Waals surface area contributed by atoms with Gasteiger partial charge in [0.25, 0.3) is 5.91 Å². The molecule has 0 unspecified atom stereocenters. The van der Waals surface area contributed by atoms with E-state index >= 15 is 0 Å². The van der Waals surface area contributed by atoms with Crippen molar-refractivity contribution in [3.63, 3.8) is 0 Å². The zero-order chi connectivity index (χ0) is 16.8. The van der Waals surface area contributed by atoms with Crippen molar-refractivity contribution in [3.05, 3.63) is 64.7 Å². The highest BCUT2D eigenvalue weighted by Gasteiger charge is 2.15. The average Bonchev–Trinajstić information content (AvgIpc) is 2.55. The zero-order valence-electron chi connectivity index (χ0n) is 12.6. The summed E-state index contributed by atoms with van der Waals surface area (Å²) in [5.74, 6) is -0.337. The molecule has 6 heteroatoms. The molecule has 2 amide bonds. The van der Waals surface area contributed by atoms with Gasteiger partial charge >= 0.3 is 0 Å². The van der Waals surface area contributed by atoms with Gasteiger partial charge in [-0.3, -0.25) is 9.59 Å². The Kier molecular flexibility index (Phi) is 5.60. The molecule has 0 spiro atoms. The van der Waals surface area contributed by atoms with Crippen LogP contribution in [0, 0.1) is 0 Å². The van der Waals surface area contributed by atoms with Crippen LogP contribution in [-0.2, 0) is 11.3 Å². The van der Waals surface area contributed by atoms with Crippen LogP contribution in [0.5, 0.6) is 5.75 Å². The van der Waals surface area contributed by atoms with E-state index in [2.05, 4.69) is 5.32 Å². The highest BCUT2D eigenvalue weighted by atomic mass is 35.5. The number of hydrogen-bond acceptors (Lipinski definition) is 3. The number of benzene rings is 2. The molecule has 0 fully saturated rings. The average molecular weight is 333 g/mol. The number of amides is 2. The fourth-order valence-electron chi connectivity index (χ4n) is 1.95. The van der Waals surface area contributed by atoms with Crippen molar-refractivity contribution >= 4 is 23.4 Å². The fourth-order valence-corrected chi connectivity index (χ4v) is 2.13. The maximum Gasteiger partial charge on any atom is 0.261 e. The molecule has 0 aliphatic heterocycles. The summed E-state index contributed by atoms with van der Waals surface area (Å²) < 4.78 is 5.54. The van der Waals surface area contributed by atoms with Gasteiger partial charge in [0, 0.05) is 12.1 Å². The molecule has 0 radical (unpaired) electrons. The first-order valence-corrected chi connectivity index (χ1v) is 7.43. The summed E-state index contributed by atoms with van der Waals surface area (Å²) in [5, 5.41) is 3.19. The van der Waals surface area contributed by atoms with Gasteiger partial charge in [-0.15, -0.1) is 0 Å². The minimum absolute atomic E-state index is 0.274. The van der Waals surface area contributed by atoms with Crippen molar-refractivity contribution in [2.24, 2.45) is 5.73 Å². The number of carbonyl (C=O) groups is 2. The number of halogens is 1. The van der Waals surface area contributed by atoms with E-state index in [4.69, 9.17) is 22.1 Å². The van der Waals surface area contributed by atoms with E-state index < -0.39 is 12.0 Å². The molecule has 0 aliphatic carbocycles. The molecule has 0 bridgehead atoms. The minimum atomic E-state index is -0.700. The Morgan fingerprint density at radius 3 is 2.65 bits per heavy atom. The summed E-state index contributed by atoms with van der Waals surface area (Å²) in [6.45, 7) is 1.91. The Labute approximate surface area is 139 Å². The van der Waals surface area contributed by atoms with E-state index in [1.807, 2.05) is 0 Å². The molecule has 2 aromatic carbocycles. The van der Waals surface area contributed by atoms with Crippen LogP contribution in [0.15, 0.2) is 48.5 Å². The van der Waals surface area contributed by atoms with E-state index in [1.165, 1.54) is 0 Å². The topological polar surface area (TPSA) is 81.4 Å². The van der Waals surface area contributed by atoms with Gasteiger partial charge in [-0.2, -0.15) is 0 Å². The van der Waals surface area contributed by atoms with Crippen molar-refractivity contribution in [1.82, 2.24) is 5.32 Å². The minimum Gasteiger partial charge on any atom is -0.479 e. The summed E-state index contributed by atoms with van der Waals surface area (Å²) in [4.78, 5) is 23.2. The molecule has 5 nitrogen and oxygen atoms in total. The van der Waals surface area contributed by atoms with Crippen molar-refractivity contribution in [3.8, 4) is 5.75 Å². The first-order valence-electron chi connectivity index (χ1n) is 7.05. The van der Waals surface area contributed by atoms with Crippen LogP contribution in [0.25, 0.3) is 0 Å². The lowest BCUT2D eigenvalue weighted by molar-refractivity contribution is -0.127. The molecular weight excluding hydrogens is 316 g/mol. The number of hydrogen-bond donors (Lipinski definition) is 2. The van der Waals surface area contributed by atoms with E-state index in [1.54, 1.807) is 55.5 Å². The second-order valence-corrected chi connectivity index (χ2v) is 5.38. The molecule has 2 aromatic rings. The Morgan fingerprint density at radius 2 is 1.96 bits per heavy atom. The number of nitrogens with two attached hydrogens (primary N) is 1. The number of ether oxygens (including phenoxy) is 1. The molecule has 0 aliphatic rings. The number of carbonyl (C=O) groups excluding carboxylic acids is 2. The van der Waals surface area contributed by atoms with Gasteiger partial charge in [-0.05, 0) is 36.8 Å². The molecule has 2 rings (SSSR count). The SMILES string of the molecule is C[C@@H](Oc1ccccc1Cl)C(=O)NCc1cccc(C(N)=O)c1.